The molecule has 0 unspecified atom stereocenters. The minimum absolute atomic E-state index is 0.0260. The lowest BCUT2D eigenvalue weighted by atomic mass is 10.3. The molecule has 1 amide bonds. The van der Waals surface area contributed by atoms with Crippen molar-refractivity contribution < 1.29 is 17.7 Å². The summed E-state index contributed by atoms with van der Waals surface area (Å²) in [4.78, 5) is 11.6. The largest absolute Gasteiger partial charge is 0.364 e. The Bertz CT molecular complexity index is 647. The van der Waals surface area contributed by atoms with Gasteiger partial charge in [0, 0.05) is 11.8 Å². The summed E-state index contributed by atoms with van der Waals surface area (Å²) in [5.41, 5.74) is 0.556. The van der Waals surface area contributed by atoms with Crippen LogP contribution in [0.25, 0.3) is 0 Å². The van der Waals surface area contributed by atoms with E-state index < -0.39 is 15.9 Å². The van der Waals surface area contributed by atoms with E-state index in [1.165, 1.54) is 36.6 Å². The Morgan fingerprint density at radius 1 is 1.22 bits per heavy atom. The molecule has 1 aromatic heterocycles. The van der Waals surface area contributed by atoms with Crippen molar-refractivity contribution in [3.05, 3.63) is 42.3 Å². The van der Waals surface area contributed by atoms with Crippen molar-refractivity contribution >= 4 is 21.6 Å². The van der Waals surface area contributed by atoms with Gasteiger partial charge in [-0.1, -0.05) is 5.16 Å². The number of amides is 1. The molecule has 0 aliphatic carbocycles. The molecule has 94 valence electrons. The van der Waals surface area contributed by atoms with Crippen molar-refractivity contribution in [1.82, 2.24) is 5.16 Å². The Labute approximate surface area is 103 Å². The molecule has 3 N–H and O–H groups in total. The van der Waals surface area contributed by atoms with E-state index in [-0.39, 0.29) is 10.6 Å². The van der Waals surface area contributed by atoms with Crippen LogP contribution in [0.4, 0.5) is 5.69 Å². The van der Waals surface area contributed by atoms with Gasteiger partial charge in [0.2, 0.25) is 10.0 Å². The number of nitrogens with two attached hydrogens (primary N) is 1. The van der Waals surface area contributed by atoms with Gasteiger partial charge in [0.05, 0.1) is 4.90 Å². The Hall–Kier alpha value is -2.19. The summed E-state index contributed by atoms with van der Waals surface area (Å²) in [5.74, 6) is -0.452. The van der Waals surface area contributed by atoms with Crippen LogP contribution in [-0.4, -0.2) is 19.5 Å². The van der Waals surface area contributed by atoms with Gasteiger partial charge < -0.3 is 9.84 Å². The number of sulfonamides is 1. The number of nitrogens with one attached hydrogen (secondary N) is 1. The molecule has 1 aromatic carbocycles. The van der Waals surface area contributed by atoms with Gasteiger partial charge in [-0.3, -0.25) is 4.79 Å². The Kier molecular flexibility index (Phi) is 3.13. The molecular weight excluding hydrogens is 258 g/mol. The lowest BCUT2D eigenvalue weighted by molar-refractivity contribution is 0.101. The molecule has 0 fully saturated rings. The number of rotatable bonds is 3. The first-order chi connectivity index (χ1) is 8.47. The highest BCUT2D eigenvalue weighted by atomic mass is 32.2. The maximum absolute atomic E-state index is 11.6. The number of primary sulfonamides is 1. The number of aromatic nitrogens is 1. The number of nitrogens with zero attached hydrogens (tertiary/aromatic N) is 1. The normalized spacial score (nSPS) is 11.2. The summed E-state index contributed by atoms with van der Waals surface area (Å²) in [5, 5.41) is 10.9. The van der Waals surface area contributed by atoms with E-state index in [0.29, 0.717) is 5.69 Å². The number of anilines is 1. The molecule has 2 rings (SSSR count). The van der Waals surface area contributed by atoms with E-state index in [9.17, 15) is 13.2 Å². The van der Waals surface area contributed by atoms with Gasteiger partial charge in [0.25, 0.3) is 5.91 Å². The van der Waals surface area contributed by atoms with Crippen LogP contribution in [0.1, 0.15) is 10.5 Å². The van der Waals surface area contributed by atoms with Crippen LogP contribution in [0.3, 0.4) is 0 Å². The second-order valence-electron chi connectivity index (χ2n) is 3.41. The second-order valence-corrected chi connectivity index (χ2v) is 4.97. The van der Waals surface area contributed by atoms with Crippen molar-refractivity contribution in [2.75, 3.05) is 5.32 Å². The summed E-state index contributed by atoms with van der Waals surface area (Å²) in [6, 6.07) is 6.87. The van der Waals surface area contributed by atoms with Gasteiger partial charge in [-0.05, 0) is 24.3 Å². The van der Waals surface area contributed by atoms with Crippen LogP contribution in [0.2, 0.25) is 0 Å². The molecule has 0 spiro atoms. The van der Waals surface area contributed by atoms with Crippen molar-refractivity contribution in [2.24, 2.45) is 5.14 Å². The smallest absolute Gasteiger partial charge is 0.277 e. The molecule has 0 saturated carbocycles. The van der Waals surface area contributed by atoms with E-state index in [2.05, 4.69) is 15.0 Å². The van der Waals surface area contributed by atoms with E-state index in [4.69, 9.17) is 5.14 Å². The van der Waals surface area contributed by atoms with Gasteiger partial charge in [0.15, 0.2) is 5.69 Å². The molecule has 0 aliphatic heterocycles. The fraction of sp³-hybridized carbons (Fsp3) is 0. The van der Waals surface area contributed by atoms with E-state index in [1.807, 2.05) is 0 Å². The highest BCUT2D eigenvalue weighted by Crippen LogP contribution is 2.13. The fourth-order valence-corrected chi connectivity index (χ4v) is 1.77. The maximum atomic E-state index is 11.6. The van der Waals surface area contributed by atoms with Gasteiger partial charge in [0.1, 0.15) is 6.26 Å². The van der Waals surface area contributed by atoms with Crippen LogP contribution >= 0.6 is 0 Å². The molecule has 0 atom stereocenters. The van der Waals surface area contributed by atoms with E-state index in [0.717, 1.165) is 0 Å². The molecule has 2 aromatic rings. The molecule has 0 aliphatic rings. The van der Waals surface area contributed by atoms with Crippen molar-refractivity contribution in [3.8, 4) is 0 Å². The number of carbonyl (C=O) groups is 1. The minimum Gasteiger partial charge on any atom is -0.364 e. The maximum Gasteiger partial charge on any atom is 0.277 e. The van der Waals surface area contributed by atoms with Gasteiger partial charge in [-0.25, -0.2) is 13.6 Å². The molecule has 0 saturated heterocycles. The first-order valence-corrected chi connectivity index (χ1v) is 6.36. The highest BCUT2D eigenvalue weighted by Gasteiger charge is 2.10. The van der Waals surface area contributed by atoms with Crippen LogP contribution in [0.15, 0.2) is 46.0 Å². The van der Waals surface area contributed by atoms with Crippen LogP contribution in [0, 0.1) is 0 Å². The predicted molar refractivity (Wildman–Crippen MR) is 62.3 cm³/mol. The monoisotopic (exact) mass is 267 g/mol. The SMILES string of the molecule is NS(=O)(=O)c1ccc(NC(=O)c2ccon2)cc1. The Morgan fingerprint density at radius 3 is 2.39 bits per heavy atom. The average Bonchev–Trinajstić information content (AvgIpc) is 2.82. The zero-order valence-corrected chi connectivity index (χ0v) is 9.85. The molecule has 0 bridgehead atoms. The van der Waals surface area contributed by atoms with Gasteiger partial charge in [-0.2, -0.15) is 0 Å². The summed E-state index contributed by atoms with van der Waals surface area (Å²) in [7, 11) is -3.73. The third-order valence-electron chi connectivity index (χ3n) is 2.11. The summed E-state index contributed by atoms with van der Waals surface area (Å²) in [6.07, 6.45) is 1.28. The van der Waals surface area contributed by atoms with Crippen molar-refractivity contribution in [2.45, 2.75) is 4.90 Å². The lowest BCUT2D eigenvalue weighted by Crippen LogP contribution is -2.14. The number of hydrogen-bond donors (Lipinski definition) is 2. The Balaban J connectivity index is 2.14. The van der Waals surface area contributed by atoms with Gasteiger partial charge in [-0.15, -0.1) is 0 Å². The molecule has 18 heavy (non-hydrogen) atoms. The zero-order chi connectivity index (χ0) is 13.2. The first-order valence-electron chi connectivity index (χ1n) is 4.81. The number of benzene rings is 1. The zero-order valence-electron chi connectivity index (χ0n) is 9.03. The number of carbonyl (C=O) groups excluding carboxylic acids is 1. The topological polar surface area (TPSA) is 115 Å². The molecular formula is C10H9N3O4S. The lowest BCUT2D eigenvalue weighted by Gasteiger charge is -2.03. The third kappa shape index (κ3) is 2.73. The molecule has 0 radical (unpaired) electrons. The minimum atomic E-state index is -3.73. The van der Waals surface area contributed by atoms with Crippen molar-refractivity contribution in [1.29, 1.82) is 0 Å². The summed E-state index contributed by atoms with van der Waals surface area (Å²) in [6.45, 7) is 0. The fourth-order valence-electron chi connectivity index (χ4n) is 1.25. The molecule has 1 heterocycles. The van der Waals surface area contributed by atoms with Crippen LogP contribution < -0.4 is 10.5 Å². The van der Waals surface area contributed by atoms with Crippen molar-refractivity contribution in [3.63, 3.8) is 0 Å². The Morgan fingerprint density at radius 2 is 1.89 bits per heavy atom. The van der Waals surface area contributed by atoms with E-state index >= 15 is 0 Å². The third-order valence-corrected chi connectivity index (χ3v) is 3.04. The highest BCUT2D eigenvalue weighted by molar-refractivity contribution is 7.89. The average molecular weight is 267 g/mol. The molecule has 7 nitrogen and oxygen atoms in total. The first kappa shape index (κ1) is 12.3. The van der Waals surface area contributed by atoms with Crippen LogP contribution in [0.5, 0.6) is 0 Å². The van der Waals surface area contributed by atoms with E-state index in [1.54, 1.807) is 0 Å². The predicted octanol–water partition coefficient (Wildman–Crippen LogP) is 0.574. The summed E-state index contributed by atoms with van der Waals surface area (Å²) >= 11 is 0. The summed E-state index contributed by atoms with van der Waals surface area (Å²) < 4.78 is 26.6. The van der Waals surface area contributed by atoms with Crippen LogP contribution in [-0.2, 0) is 10.0 Å². The molecule has 8 heteroatoms. The standard InChI is InChI=1S/C10H9N3O4S/c11-18(15,16)8-3-1-7(2-4-8)12-10(14)9-5-6-17-13-9/h1-6H,(H,12,14)(H2,11,15,16). The quantitative estimate of drug-likeness (QED) is 0.843. The second kappa shape index (κ2) is 4.59. The number of hydrogen-bond acceptors (Lipinski definition) is 5. The van der Waals surface area contributed by atoms with Gasteiger partial charge >= 0.3 is 0 Å².